The highest BCUT2D eigenvalue weighted by atomic mass is 32.2. The third-order valence-corrected chi connectivity index (χ3v) is 2.51. The molecule has 3 heteroatoms. The molecule has 76 valence electrons. The molecule has 2 aromatic rings. The van der Waals surface area contributed by atoms with E-state index in [2.05, 4.69) is 0 Å². The van der Waals surface area contributed by atoms with Gasteiger partial charge in [-0.05, 0) is 40.9 Å². The largest absolute Gasteiger partial charge is 0.418 e. The van der Waals surface area contributed by atoms with Crippen molar-refractivity contribution >= 4 is 27.8 Å². The molecule has 0 saturated carbocycles. The monoisotopic (exact) mass is 218 g/mol. The van der Waals surface area contributed by atoms with Crippen molar-refractivity contribution in [1.82, 2.24) is 0 Å². The van der Waals surface area contributed by atoms with Crippen molar-refractivity contribution in [3.8, 4) is 5.75 Å². The summed E-state index contributed by atoms with van der Waals surface area (Å²) in [7, 11) is 0. The summed E-state index contributed by atoms with van der Waals surface area (Å²) in [5.74, 6) is 0.591. The number of carbonyl (C=O) groups excluding carboxylic acids is 1. The van der Waals surface area contributed by atoms with Crippen molar-refractivity contribution in [3.63, 3.8) is 0 Å². The number of hydrogen-bond acceptors (Lipinski definition) is 3. The molecule has 0 aromatic heterocycles. The van der Waals surface area contributed by atoms with E-state index in [1.807, 2.05) is 36.4 Å². The summed E-state index contributed by atoms with van der Waals surface area (Å²) >= 11 is 1.06. The molecule has 0 atom stereocenters. The Balaban J connectivity index is 2.34. The van der Waals surface area contributed by atoms with Gasteiger partial charge in [0.05, 0.1) is 0 Å². The summed E-state index contributed by atoms with van der Waals surface area (Å²) in [6.07, 6.45) is 1.70. The molecule has 0 saturated heterocycles. The van der Waals surface area contributed by atoms with E-state index in [-0.39, 0.29) is 5.30 Å². The molecule has 0 bridgehead atoms. The maximum Gasteiger partial charge on any atom is 0.372 e. The van der Waals surface area contributed by atoms with Gasteiger partial charge in [0.2, 0.25) is 0 Å². The third kappa shape index (κ3) is 2.30. The zero-order valence-corrected chi connectivity index (χ0v) is 9.08. The maximum absolute atomic E-state index is 11.1. The summed E-state index contributed by atoms with van der Waals surface area (Å²) in [6.45, 7) is 0. The highest BCUT2D eigenvalue weighted by Crippen LogP contribution is 2.21. The average molecular weight is 218 g/mol. The Hall–Kier alpha value is -1.48. The zero-order chi connectivity index (χ0) is 10.7. The van der Waals surface area contributed by atoms with Crippen LogP contribution in [0, 0.1) is 0 Å². The van der Waals surface area contributed by atoms with Crippen LogP contribution in [-0.4, -0.2) is 11.6 Å². The van der Waals surface area contributed by atoms with Crippen LogP contribution in [0.3, 0.4) is 0 Å². The van der Waals surface area contributed by atoms with Gasteiger partial charge in [-0.3, -0.25) is 0 Å². The lowest BCUT2D eigenvalue weighted by Gasteiger charge is -2.03. The Kier molecular flexibility index (Phi) is 2.92. The number of rotatable bonds is 1. The first kappa shape index (κ1) is 10.1. The molecule has 0 aliphatic rings. The van der Waals surface area contributed by atoms with E-state index < -0.39 is 0 Å². The Morgan fingerprint density at radius 3 is 2.60 bits per heavy atom. The van der Waals surface area contributed by atoms with Gasteiger partial charge in [0.15, 0.2) is 0 Å². The van der Waals surface area contributed by atoms with Gasteiger partial charge < -0.3 is 4.74 Å². The van der Waals surface area contributed by atoms with Gasteiger partial charge in [-0.2, -0.15) is 0 Å². The summed E-state index contributed by atoms with van der Waals surface area (Å²) in [4.78, 5) is 11.1. The molecule has 0 fully saturated rings. The maximum atomic E-state index is 11.1. The second-order valence-corrected chi connectivity index (χ2v) is 3.81. The van der Waals surface area contributed by atoms with Crippen molar-refractivity contribution in [2.75, 3.05) is 6.26 Å². The van der Waals surface area contributed by atoms with E-state index in [1.54, 1.807) is 12.3 Å². The lowest BCUT2D eigenvalue weighted by molar-refractivity contribution is 0.227. The molecule has 0 unspecified atom stereocenters. The van der Waals surface area contributed by atoms with E-state index in [0.717, 1.165) is 22.5 Å². The van der Waals surface area contributed by atoms with Crippen LogP contribution >= 0.6 is 11.8 Å². The minimum atomic E-state index is -0.287. The molecule has 0 radical (unpaired) electrons. The zero-order valence-electron chi connectivity index (χ0n) is 8.27. The Morgan fingerprint density at radius 2 is 1.87 bits per heavy atom. The first-order chi connectivity index (χ1) is 7.29. The Labute approximate surface area is 92.2 Å². The summed E-state index contributed by atoms with van der Waals surface area (Å²) in [5, 5.41) is 1.93. The molecule has 0 spiro atoms. The van der Waals surface area contributed by atoms with Crippen LogP contribution in [-0.2, 0) is 0 Å². The van der Waals surface area contributed by atoms with Gasteiger partial charge in [0.25, 0.3) is 0 Å². The van der Waals surface area contributed by atoms with Crippen molar-refractivity contribution in [3.05, 3.63) is 42.5 Å². The van der Waals surface area contributed by atoms with E-state index in [4.69, 9.17) is 4.74 Å². The number of ether oxygens (including phenoxy) is 1. The van der Waals surface area contributed by atoms with Gasteiger partial charge >= 0.3 is 5.30 Å². The van der Waals surface area contributed by atoms with Crippen LogP contribution in [0.5, 0.6) is 5.75 Å². The molecular formula is C12H10O2S. The van der Waals surface area contributed by atoms with Crippen LogP contribution in [0.1, 0.15) is 0 Å². The molecule has 0 N–H and O–H groups in total. The first-order valence-corrected chi connectivity index (χ1v) is 5.76. The molecule has 0 heterocycles. The van der Waals surface area contributed by atoms with Gasteiger partial charge in [0, 0.05) is 0 Å². The van der Waals surface area contributed by atoms with E-state index in [1.165, 1.54) is 0 Å². The molecule has 0 amide bonds. The SMILES string of the molecule is CSC(=O)Oc1ccc2ccccc2c1. The molecule has 0 aliphatic carbocycles. The Morgan fingerprint density at radius 1 is 1.13 bits per heavy atom. The van der Waals surface area contributed by atoms with Gasteiger partial charge in [0.1, 0.15) is 5.75 Å². The topological polar surface area (TPSA) is 26.3 Å². The van der Waals surface area contributed by atoms with Crippen molar-refractivity contribution in [2.45, 2.75) is 0 Å². The molecule has 2 nitrogen and oxygen atoms in total. The molecule has 2 aromatic carbocycles. The quantitative estimate of drug-likeness (QED) is 0.683. The first-order valence-electron chi connectivity index (χ1n) is 4.54. The minimum Gasteiger partial charge on any atom is -0.418 e. The summed E-state index contributed by atoms with van der Waals surface area (Å²) < 4.78 is 5.10. The lowest BCUT2D eigenvalue weighted by Crippen LogP contribution is -1.98. The fourth-order valence-corrected chi connectivity index (χ4v) is 1.55. The summed E-state index contributed by atoms with van der Waals surface area (Å²) in [6, 6.07) is 13.6. The molecular weight excluding hydrogens is 208 g/mol. The van der Waals surface area contributed by atoms with Gasteiger partial charge in [-0.25, -0.2) is 4.79 Å². The molecule has 15 heavy (non-hydrogen) atoms. The number of hydrogen-bond donors (Lipinski definition) is 0. The van der Waals surface area contributed by atoms with Crippen molar-refractivity contribution in [1.29, 1.82) is 0 Å². The van der Waals surface area contributed by atoms with E-state index in [0.29, 0.717) is 5.75 Å². The van der Waals surface area contributed by atoms with Crippen molar-refractivity contribution < 1.29 is 9.53 Å². The second-order valence-electron chi connectivity index (χ2n) is 3.07. The highest BCUT2D eigenvalue weighted by molar-refractivity contribution is 8.12. The van der Waals surface area contributed by atoms with Gasteiger partial charge in [-0.1, -0.05) is 30.3 Å². The predicted molar refractivity (Wildman–Crippen MR) is 63.5 cm³/mol. The second kappa shape index (κ2) is 4.36. The van der Waals surface area contributed by atoms with Crippen LogP contribution in [0.2, 0.25) is 0 Å². The number of thioether (sulfide) groups is 1. The summed E-state index contributed by atoms with van der Waals surface area (Å²) in [5.41, 5.74) is 0. The van der Waals surface area contributed by atoms with E-state index in [9.17, 15) is 4.79 Å². The minimum absolute atomic E-state index is 0.287. The third-order valence-electron chi connectivity index (χ3n) is 2.09. The lowest BCUT2D eigenvalue weighted by atomic mass is 10.1. The van der Waals surface area contributed by atoms with Gasteiger partial charge in [-0.15, -0.1) is 0 Å². The van der Waals surface area contributed by atoms with Crippen LogP contribution in [0.25, 0.3) is 10.8 Å². The van der Waals surface area contributed by atoms with Crippen LogP contribution in [0.15, 0.2) is 42.5 Å². The highest BCUT2D eigenvalue weighted by Gasteiger charge is 2.02. The molecule has 0 aliphatic heterocycles. The van der Waals surface area contributed by atoms with Crippen LogP contribution in [0.4, 0.5) is 4.79 Å². The predicted octanol–water partition coefficient (Wildman–Crippen LogP) is 3.70. The average Bonchev–Trinajstić information content (AvgIpc) is 2.29. The van der Waals surface area contributed by atoms with Crippen molar-refractivity contribution in [2.24, 2.45) is 0 Å². The molecule has 2 rings (SSSR count). The van der Waals surface area contributed by atoms with Crippen LogP contribution < -0.4 is 4.74 Å². The fourth-order valence-electron chi connectivity index (χ4n) is 1.37. The number of carbonyl (C=O) groups is 1. The normalized spacial score (nSPS) is 10.2. The Bertz CT molecular complexity index is 494. The number of benzene rings is 2. The van der Waals surface area contributed by atoms with E-state index >= 15 is 0 Å². The standard InChI is InChI=1S/C12H10O2S/c1-15-12(13)14-11-7-6-9-4-2-3-5-10(9)8-11/h2-8H,1H3. The smallest absolute Gasteiger partial charge is 0.372 e. The fraction of sp³-hybridized carbons (Fsp3) is 0.0833. The number of fused-ring (bicyclic) bond motifs is 1.